The first-order chi connectivity index (χ1) is 6.15. The van der Waals surface area contributed by atoms with Crippen molar-refractivity contribution in [2.75, 3.05) is 20.1 Å². The topological polar surface area (TPSA) is 61.4 Å². The second-order valence-electron chi connectivity index (χ2n) is 3.22. The van der Waals surface area contributed by atoms with Crippen LogP contribution in [0.5, 0.6) is 0 Å². The first-order valence-electron chi connectivity index (χ1n) is 4.40. The van der Waals surface area contributed by atoms with Crippen molar-refractivity contribution in [3.8, 4) is 0 Å². The van der Waals surface area contributed by atoms with Crippen molar-refractivity contribution in [3.05, 3.63) is 0 Å². The lowest BCUT2D eigenvalue weighted by Gasteiger charge is -2.21. The van der Waals surface area contributed by atoms with Gasteiger partial charge in [0.1, 0.15) is 6.54 Å². The van der Waals surface area contributed by atoms with Gasteiger partial charge >= 0.3 is 6.03 Å². The van der Waals surface area contributed by atoms with Gasteiger partial charge in [-0.15, -0.1) is 0 Å². The highest BCUT2D eigenvalue weighted by Crippen LogP contribution is 2.07. The van der Waals surface area contributed by atoms with Gasteiger partial charge in [-0.05, 0) is 26.9 Å². The summed E-state index contributed by atoms with van der Waals surface area (Å²) in [4.78, 5) is 23.6. The molecule has 74 valence electrons. The summed E-state index contributed by atoms with van der Waals surface area (Å²) < 4.78 is 0. The van der Waals surface area contributed by atoms with Crippen molar-refractivity contribution in [1.29, 1.82) is 0 Å². The number of hydrogen-bond donors (Lipinski definition) is 2. The van der Waals surface area contributed by atoms with E-state index in [2.05, 4.69) is 10.6 Å². The van der Waals surface area contributed by atoms with Crippen molar-refractivity contribution < 1.29 is 9.59 Å². The van der Waals surface area contributed by atoms with E-state index in [1.807, 2.05) is 14.0 Å². The average molecular weight is 185 g/mol. The highest BCUT2D eigenvalue weighted by molar-refractivity contribution is 6.02. The van der Waals surface area contributed by atoms with E-state index < -0.39 is 0 Å². The van der Waals surface area contributed by atoms with Crippen molar-refractivity contribution in [2.24, 2.45) is 0 Å². The van der Waals surface area contributed by atoms with Crippen LogP contribution in [0.25, 0.3) is 0 Å². The maximum atomic E-state index is 11.2. The lowest BCUT2D eigenvalue weighted by Crippen LogP contribution is -2.37. The number of carbonyl (C=O) groups excluding carboxylic acids is 2. The third-order valence-electron chi connectivity index (χ3n) is 2.17. The number of nitrogens with zero attached hydrogens (tertiary/aromatic N) is 1. The fourth-order valence-corrected chi connectivity index (χ4v) is 1.32. The van der Waals surface area contributed by atoms with E-state index in [0.717, 1.165) is 13.0 Å². The van der Waals surface area contributed by atoms with Crippen LogP contribution in [0.4, 0.5) is 4.79 Å². The minimum Gasteiger partial charge on any atom is -0.320 e. The van der Waals surface area contributed by atoms with Crippen LogP contribution in [-0.4, -0.2) is 43.0 Å². The Morgan fingerprint density at radius 2 is 2.31 bits per heavy atom. The van der Waals surface area contributed by atoms with Gasteiger partial charge in [0.2, 0.25) is 5.91 Å². The summed E-state index contributed by atoms with van der Waals surface area (Å²) >= 11 is 0. The summed E-state index contributed by atoms with van der Waals surface area (Å²) in [6.07, 6.45) is 0.858. The normalized spacial score (nSPS) is 19.1. The minimum atomic E-state index is -0.270. The lowest BCUT2D eigenvalue weighted by atomic mass is 10.2. The summed E-state index contributed by atoms with van der Waals surface area (Å²) in [5.74, 6) is -0.207. The Morgan fingerprint density at radius 3 is 2.77 bits per heavy atom. The lowest BCUT2D eigenvalue weighted by molar-refractivity contribution is -0.118. The number of imide groups is 1. The van der Waals surface area contributed by atoms with Crippen molar-refractivity contribution in [2.45, 2.75) is 19.4 Å². The molecular weight excluding hydrogens is 170 g/mol. The predicted octanol–water partition coefficient (Wildman–Crippen LogP) is -0.464. The summed E-state index contributed by atoms with van der Waals surface area (Å²) in [7, 11) is 1.86. The van der Waals surface area contributed by atoms with E-state index in [4.69, 9.17) is 0 Å². The van der Waals surface area contributed by atoms with Crippen molar-refractivity contribution >= 4 is 11.9 Å². The van der Waals surface area contributed by atoms with Gasteiger partial charge in [-0.3, -0.25) is 10.1 Å². The highest BCUT2D eigenvalue weighted by Gasteiger charge is 2.29. The monoisotopic (exact) mass is 185 g/mol. The molecule has 0 aromatic carbocycles. The van der Waals surface area contributed by atoms with Crippen LogP contribution < -0.4 is 10.6 Å². The second-order valence-corrected chi connectivity index (χ2v) is 3.22. The number of carbonyl (C=O) groups is 2. The molecule has 0 spiro atoms. The van der Waals surface area contributed by atoms with Crippen molar-refractivity contribution in [1.82, 2.24) is 15.5 Å². The first kappa shape index (κ1) is 9.98. The molecule has 0 radical (unpaired) electrons. The second kappa shape index (κ2) is 4.23. The van der Waals surface area contributed by atoms with Gasteiger partial charge in [0.25, 0.3) is 0 Å². The Balaban J connectivity index is 2.42. The van der Waals surface area contributed by atoms with Crippen LogP contribution in [-0.2, 0) is 4.79 Å². The van der Waals surface area contributed by atoms with Crippen LogP contribution >= 0.6 is 0 Å². The Morgan fingerprint density at radius 1 is 1.62 bits per heavy atom. The van der Waals surface area contributed by atoms with Gasteiger partial charge in [0.15, 0.2) is 0 Å². The zero-order valence-corrected chi connectivity index (χ0v) is 7.96. The molecule has 0 bridgehead atoms. The molecule has 0 saturated carbocycles. The molecule has 0 aromatic rings. The van der Waals surface area contributed by atoms with Crippen LogP contribution in [0.2, 0.25) is 0 Å². The minimum absolute atomic E-state index is 0.110. The molecule has 1 fully saturated rings. The molecule has 1 atom stereocenters. The summed E-state index contributed by atoms with van der Waals surface area (Å²) in [6, 6.07) is -0.160. The van der Waals surface area contributed by atoms with Gasteiger partial charge in [-0.2, -0.15) is 0 Å². The average Bonchev–Trinajstić information content (AvgIpc) is 2.41. The van der Waals surface area contributed by atoms with E-state index >= 15 is 0 Å². The van der Waals surface area contributed by atoms with Crippen LogP contribution in [0, 0.1) is 0 Å². The highest BCUT2D eigenvalue weighted by atomic mass is 16.2. The molecule has 0 aliphatic carbocycles. The fourth-order valence-electron chi connectivity index (χ4n) is 1.32. The molecule has 2 N–H and O–H groups in total. The van der Waals surface area contributed by atoms with Crippen LogP contribution in [0.1, 0.15) is 13.3 Å². The Kier molecular flexibility index (Phi) is 3.25. The van der Waals surface area contributed by atoms with E-state index in [0.29, 0.717) is 0 Å². The van der Waals surface area contributed by atoms with Gasteiger partial charge < -0.3 is 10.2 Å². The Bertz CT molecular complexity index is 217. The molecular formula is C8H15N3O2. The third-order valence-corrected chi connectivity index (χ3v) is 2.17. The maximum Gasteiger partial charge on any atom is 0.324 e. The fraction of sp³-hybridized carbons (Fsp3) is 0.750. The van der Waals surface area contributed by atoms with E-state index in [1.54, 1.807) is 4.90 Å². The number of urea groups is 1. The molecule has 3 amide bonds. The zero-order chi connectivity index (χ0) is 9.84. The number of nitrogens with one attached hydrogen (secondary N) is 2. The number of amides is 3. The van der Waals surface area contributed by atoms with E-state index in [1.165, 1.54) is 0 Å². The van der Waals surface area contributed by atoms with Crippen LogP contribution in [0.3, 0.4) is 0 Å². The number of hydrogen-bond acceptors (Lipinski definition) is 3. The summed E-state index contributed by atoms with van der Waals surface area (Å²) in [6.45, 7) is 2.98. The molecule has 1 aliphatic heterocycles. The molecule has 1 aliphatic rings. The third kappa shape index (κ3) is 2.42. The zero-order valence-electron chi connectivity index (χ0n) is 7.96. The van der Waals surface area contributed by atoms with Gasteiger partial charge in [0, 0.05) is 6.04 Å². The predicted molar refractivity (Wildman–Crippen MR) is 48.3 cm³/mol. The Hall–Kier alpha value is -1.10. The molecule has 0 aromatic heterocycles. The SMILES string of the molecule is CNCCC(C)N1CC(=O)NC1=O. The quantitative estimate of drug-likeness (QED) is 0.582. The number of rotatable bonds is 4. The maximum absolute atomic E-state index is 11.2. The van der Waals surface area contributed by atoms with Crippen molar-refractivity contribution in [3.63, 3.8) is 0 Å². The molecule has 5 nitrogen and oxygen atoms in total. The van der Waals surface area contributed by atoms with Gasteiger partial charge in [-0.1, -0.05) is 0 Å². The molecule has 13 heavy (non-hydrogen) atoms. The first-order valence-corrected chi connectivity index (χ1v) is 4.40. The largest absolute Gasteiger partial charge is 0.324 e. The molecule has 1 saturated heterocycles. The Labute approximate surface area is 77.5 Å². The van der Waals surface area contributed by atoms with Gasteiger partial charge in [-0.25, -0.2) is 4.79 Å². The summed E-state index contributed by atoms with van der Waals surface area (Å²) in [5, 5.41) is 5.26. The standard InChI is InChI=1S/C8H15N3O2/c1-6(3-4-9-2)11-5-7(12)10-8(11)13/h6,9H,3-5H2,1-2H3,(H,10,12,13). The van der Waals surface area contributed by atoms with E-state index in [9.17, 15) is 9.59 Å². The van der Waals surface area contributed by atoms with E-state index in [-0.39, 0.29) is 24.5 Å². The summed E-state index contributed by atoms with van der Waals surface area (Å²) in [5.41, 5.74) is 0. The molecule has 1 unspecified atom stereocenters. The smallest absolute Gasteiger partial charge is 0.320 e. The van der Waals surface area contributed by atoms with Crippen LogP contribution in [0.15, 0.2) is 0 Å². The van der Waals surface area contributed by atoms with Gasteiger partial charge in [0.05, 0.1) is 0 Å². The molecule has 5 heteroatoms. The molecule has 1 heterocycles. The molecule has 1 rings (SSSR count).